The summed E-state index contributed by atoms with van der Waals surface area (Å²) in [6.45, 7) is 6.61. The van der Waals surface area contributed by atoms with Crippen LogP contribution in [0.25, 0.3) is 0 Å². The zero-order valence-electron chi connectivity index (χ0n) is 16.2. The Balaban J connectivity index is 1.63. The number of para-hydroxylation sites is 1. The van der Waals surface area contributed by atoms with Crippen LogP contribution in [0.2, 0.25) is 0 Å². The number of hydrogen-bond donors (Lipinski definition) is 1. The molecule has 1 atom stereocenters. The van der Waals surface area contributed by atoms with Gasteiger partial charge < -0.3 is 14.8 Å². The Hall–Kier alpha value is -2.11. The van der Waals surface area contributed by atoms with E-state index in [4.69, 9.17) is 9.47 Å². The summed E-state index contributed by atoms with van der Waals surface area (Å²) in [7, 11) is 1.65. The molecule has 1 heterocycles. The first-order chi connectivity index (χ1) is 13.2. The van der Waals surface area contributed by atoms with Gasteiger partial charge in [-0.2, -0.15) is 0 Å². The lowest BCUT2D eigenvalue weighted by molar-refractivity contribution is 0.258. The van der Waals surface area contributed by atoms with Crippen molar-refractivity contribution in [2.24, 2.45) is 0 Å². The van der Waals surface area contributed by atoms with Gasteiger partial charge in [-0.3, -0.25) is 4.90 Å². The molecule has 0 spiro atoms. The number of nitrogens with one attached hydrogen (secondary N) is 1. The van der Waals surface area contributed by atoms with Crippen LogP contribution in [0.1, 0.15) is 30.9 Å². The fraction of sp³-hybridized carbons (Fsp3) is 0.455. The van der Waals surface area contributed by atoms with Crippen LogP contribution in [-0.4, -0.2) is 37.7 Å². The lowest BCUT2D eigenvalue weighted by atomic mass is 10.1. The number of methoxy groups -OCH3 is 1. The summed E-state index contributed by atoms with van der Waals surface area (Å²) in [6.07, 6.45) is 2.54. The van der Waals surface area contributed by atoms with Crippen LogP contribution in [0.5, 0.6) is 11.5 Å². The highest BCUT2D eigenvalue weighted by atomic mass is 19.1. The van der Waals surface area contributed by atoms with Crippen molar-refractivity contribution < 1.29 is 13.9 Å². The van der Waals surface area contributed by atoms with Crippen LogP contribution in [0.3, 0.4) is 0 Å². The Kier molecular flexibility index (Phi) is 7.07. The number of hydrogen-bond acceptors (Lipinski definition) is 4. The molecule has 1 aliphatic rings. The summed E-state index contributed by atoms with van der Waals surface area (Å²) < 4.78 is 24.6. The average Bonchev–Trinajstić information content (AvgIpc) is 3.15. The Labute approximate surface area is 161 Å². The quantitative estimate of drug-likeness (QED) is 0.722. The SMILES string of the molecule is CCN1CCC[C@H]1CNCc1cccc(OC)c1OCc1ccc(F)cc1. The molecular weight excluding hydrogens is 343 g/mol. The van der Waals surface area contributed by atoms with E-state index in [1.165, 1.54) is 31.5 Å². The van der Waals surface area contributed by atoms with Crippen LogP contribution >= 0.6 is 0 Å². The van der Waals surface area contributed by atoms with Crippen molar-refractivity contribution in [2.75, 3.05) is 26.7 Å². The standard InChI is InChI=1S/C22H29FN2O2/c1-3-25-13-5-7-20(25)15-24-14-18-6-4-8-21(26-2)22(18)27-16-17-9-11-19(23)12-10-17/h4,6,8-12,20,24H,3,5,7,13-16H2,1-2H3/t20-/m0/s1. The van der Waals surface area contributed by atoms with Crippen LogP contribution in [0, 0.1) is 5.82 Å². The monoisotopic (exact) mass is 372 g/mol. The third-order valence-electron chi connectivity index (χ3n) is 5.18. The summed E-state index contributed by atoms with van der Waals surface area (Å²) in [4.78, 5) is 2.53. The molecule has 27 heavy (non-hydrogen) atoms. The maximum absolute atomic E-state index is 13.1. The maximum Gasteiger partial charge on any atom is 0.166 e. The van der Waals surface area contributed by atoms with Crippen LogP contribution in [0.4, 0.5) is 4.39 Å². The minimum Gasteiger partial charge on any atom is -0.493 e. The normalized spacial score (nSPS) is 17.2. The predicted octanol–water partition coefficient (Wildman–Crippen LogP) is 3.99. The molecule has 0 radical (unpaired) electrons. The lowest BCUT2D eigenvalue weighted by Gasteiger charge is -2.23. The molecule has 4 nitrogen and oxygen atoms in total. The molecular formula is C22H29FN2O2. The zero-order chi connectivity index (χ0) is 19.1. The van der Waals surface area contributed by atoms with E-state index in [1.807, 2.05) is 12.1 Å². The second kappa shape index (κ2) is 9.72. The third-order valence-corrected chi connectivity index (χ3v) is 5.18. The Bertz CT molecular complexity index is 721. The average molecular weight is 372 g/mol. The van der Waals surface area contributed by atoms with Crippen molar-refractivity contribution in [3.63, 3.8) is 0 Å². The number of likely N-dealkylation sites (tertiary alicyclic amines) is 1. The first-order valence-electron chi connectivity index (χ1n) is 9.69. The molecule has 2 aromatic carbocycles. The molecule has 1 saturated heterocycles. The number of nitrogens with zero attached hydrogens (tertiary/aromatic N) is 1. The molecule has 0 saturated carbocycles. The Morgan fingerprint density at radius 2 is 2.00 bits per heavy atom. The Morgan fingerprint density at radius 3 is 2.74 bits per heavy atom. The van der Waals surface area contributed by atoms with E-state index in [9.17, 15) is 4.39 Å². The van der Waals surface area contributed by atoms with Gasteiger partial charge in [-0.05, 0) is 49.7 Å². The second-order valence-electron chi connectivity index (χ2n) is 6.92. The minimum atomic E-state index is -0.242. The van der Waals surface area contributed by atoms with Gasteiger partial charge in [0, 0.05) is 24.7 Å². The predicted molar refractivity (Wildman–Crippen MR) is 106 cm³/mol. The van der Waals surface area contributed by atoms with E-state index in [0.29, 0.717) is 18.4 Å². The van der Waals surface area contributed by atoms with E-state index in [-0.39, 0.29) is 5.82 Å². The van der Waals surface area contributed by atoms with Crippen molar-refractivity contribution >= 4 is 0 Å². The molecule has 1 fully saturated rings. The molecule has 0 bridgehead atoms. The van der Waals surface area contributed by atoms with Crippen molar-refractivity contribution in [3.8, 4) is 11.5 Å². The van der Waals surface area contributed by atoms with E-state index in [0.717, 1.165) is 36.5 Å². The van der Waals surface area contributed by atoms with Crippen molar-refractivity contribution in [1.29, 1.82) is 0 Å². The van der Waals surface area contributed by atoms with Crippen LogP contribution in [0.15, 0.2) is 42.5 Å². The molecule has 3 rings (SSSR count). The largest absolute Gasteiger partial charge is 0.493 e. The highest BCUT2D eigenvalue weighted by Gasteiger charge is 2.22. The van der Waals surface area contributed by atoms with Gasteiger partial charge in [-0.15, -0.1) is 0 Å². The van der Waals surface area contributed by atoms with Gasteiger partial charge in [-0.25, -0.2) is 4.39 Å². The smallest absolute Gasteiger partial charge is 0.166 e. The minimum absolute atomic E-state index is 0.242. The van der Waals surface area contributed by atoms with E-state index in [2.05, 4.69) is 23.2 Å². The molecule has 5 heteroatoms. The van der Waals surface area contributed by atoms with Crippen LogP contribution in [-0.2, 0) is 13.2 Å². The first-order valence-corrected chi connectivity index (χ1v) is 9.69. The highest BCUT2D eigenvalue weighted by Crippen LogP contribution is 2.32. The molecule has 0 aliphatic carbocycles. The first kappa shape index (κ1) is 19.6. The summed E-state index contributed by atoms with van der Waals surface area (Å²) >= 11 is 0. The number of rotatable bonds is 9. The Morgan fingerprint density at radius 1 is 1.19 bits per heavy atom. The summed E-state index contributed by atoms with van der Waals surface area (Å²) in [6, 6.07) is 12.9. The van der Waals surface area contributed by atoms with Crippen LogP contribution < -0.4 is 14.8 Å². The number of benzene rings is 2. The molecule has 0 amide bonds. The third kappa shape index (κ3) is 5.21. The van der Waals surface area contributed by atoms with Crippen molar-refractivity contribution in [3.05, 3.63) is 59.4 Å². The molecule has 146 valence electrons. The molecule has 1 N–H and O–H groups in total. The summed E-state index contributed by atoms with van der Waals surface area (Å²) in [5.74, 6) is 1.22. The van der Waals surface area contributed by atoms with E-state index in [1.54, 1.807) is 19.2 Å². The van der Waals surface area contributed by atoms with Gasteiger partial charge in [-0.1, -0.05) is 31.2 Å². The zero-order valence-corrected chi connectivity index (χ0v) is 16.2. The number of likely N-dealkylation sites (N-methyl/N-ethyl adjacent to an activating group) is 1. The van der Waals surface area contributed by atoms with Crippen molar-refractivity contribution in [1.82, 2.24) is 10.2 Å². The highest BCUT2D eigenvalue weighted by molar-refractivity contribution is 5.46. The van der Waals surface area contributed by atoms with Gasteiger partial charge in [0.25, 0.3) is 0 Å². The number of ether oxygens (including phenoxy) is 2. The summed E-state index contributed by atoms with van der Waals surface area (Å²) in [5, 5.41) is 3.58. The maximum atomic E-state index is 13.1. The number of halogens is 1. The van der Waals surface area contributed by atoms with Gasteiger partial charge in [0.05, 0.1) is 7.11 Å². The second-order valence-corrected chi connectivity index (χ2v) is 6.92. The van der Waals surface area contributed by atoms with Gasteiger partial charge in [0.15, 0.2) is 11.5 Å². The van der Waals surface area contributed by atoms with Crippen molar-refractivity contribution in [2.45, 2.75) is 39.0 Å². The fourth-order valence-corrected chi connectivity index (χ4v) is 3.68. The van der Waals surface area contributed by atoms with Gasteiger partial charge in [0.2, 0.25) is 0 Å². The van der Waals surface area contributed by atoms with Gasteiger partial charge >= 0.3 is 0 Å². The lowest BCUT2D eigenvalue weighted by Crippen LogP contribution is -2.37. The topological polar surface area (TPSA) is 33.7 Å². The molecule has 0 aromatic heterocycles. The van der Waals surface area contributed by atoms with Gasteiger partial charge in [0.1, 0.15) is 12.4 Å². The summed E-state index contributed by atoms with van der Waals surface area (Å²) in [5.41, 5.74) is 1.99. The molecule has 0 unspecified atom stereocenters. The molecule has 1 aliphatic heterocycles. The van der Waals surface area contributed by atoms with E-state index >= 15 is 0 Å². The fourth-order valence-electron chi connectivity index (χ4n) is 3.68. The molecule has 2 aromatic rings. The van der Waals surface area contributed by atoms with E-state index < -0.39 is 0 Å².